The van der Waals surface area contributed by atoms with Crippen LogP contribution in [0.15, 0.2) is 30.5 Å². The van der Waals surface area contributed by atoms with E-state index in [9.17, 15) is 4.39 Å². The SMILES string of the molecule is CC(C)c1ncc(CN2CCCC(F)C2)c2ccccc12. The van der Waals surface area contributed by atoms with Gasteiger partial charge in [0.2, 0.25) is 0 Å². The van der Waals surface area contributed by atoms with Gasteiger partial charge in [-0.3, -0.25) is 9.88 Å². The summed E-state index contributed by atoms with van der Waals surface area (Å²) in [6, 6.07) is 8.45. The lowest BCUT2D eigenvalue weighted by atomic mass is 9.98. The van der Waals surface area contributed by atoms with Crippen LogP contribution in [0, 0.1) is 0 Å². The van der Waals surface area contributed by atoms with Gasteiger partial charge in [-0.15, -0.1) is 0 Å². The van der Waals surface area contributed by atoms with Gasteiger partial charge in [-0.2, -0.15) is 0 Å². The van der Waals surface area contributed by atoms with Gasteiger partial charge in [0.05, 0.1) is 5.69 Å². The van der Waals surface area contributed by atoms with Gasteiger partial charge in [0.15, 0.2) is 0 Å². The van der Waals surface area contributed by atoms with E-state index in [4.69, 9.17) is 0 Å². The van der Waals surface area contributed by atoms with Crippen molar-refractivity contribution in [3.8, 4) is 0 Å². The third-order valence-corrected chi connectivity index (χ3v) is 4.30. The summed E-state index contributed by atoms with van der Waals surface area (Å²) < 4.78 is 13.6. The topological polar surface area (TPSA) is 16.1 Å². The molecular weight excluding hydrogens is 263 g/mol. The van der Waals surface area contributed by atoms with Crippen LogP contribution >= 0.6 is 0 Å². The molecule has 0 spiro atoms. The molecule has 3 rings (SSSR count). The van der Waals surface area contributed by atoms with Gasteiger partial charge in [0.25, 0.3) is 0 Å². The molecule has 0 bridgehead atoms. The maximum absolute atomic E-state index is 13.6. The smallest absolute Gasteiger partial charge is 0.113 e. The number of nitrogens with zero attached hydrogens (tertiary/aromatic N) is 2. The minimum atomic E-state index is -0.673. The number of piperidine rings is 1. The van der Waals surface area contributed by atoms with Gasteiger partial charge >= 0.3 is 0 Å². The Labute approximate surface area is 126 Å². The van der Waals surface area contributed by atoms with Gasteiger partial charge in [0.1, 0.15) is 6.17 Å². The van der Waals surface area contributed by atoms with E-state index < -0.39 is 6.17 Å². The van der Waals surface area contributed by atoms with E-state index in [2.05, 4.69) is 48.0 Å². The molecule has 1 saturated heterocycles. The number of pyridine rings is 1. The molecule has 2 heterocycles. The lowest BCUT2D eigenvalue weighted by Crippen LogP contribution is -2.35. The van der Waals surface area contributed by atoms with Crippen molar-refractivity contribution in [2.75, 3.05) is 13.1 Å². The van der Waals surface area contributed by atoms with E-state index in [1.54, 1.807) is 0 Å². The van der Waals surface area contributed by atoms with E-state index >= 15 is 0 Å². The van der Waals surface area contributed by atoms with Crippen molar-refractivity contribution in [1.82, 2.24) is 9.88 Å². The van der Waals surface area contributed by atoms with Crippen LogP contribution in [0.25, 0.3) is 10.8 Å². The summed E-state index contributed by atoms with van der Waals surface area (Å²) in [5.74, 6) is 0.411. The van der Waals surface area contributed by atoms with Crippen molar-refractivity contribution in [3.05, 3.63) is 41.7 Å². The molecular formula is C18H23FN2. The van der Waals surface area contributed by atoms with Crippen molar-refractivity contribution in [2.45, 2.75) is 45.3 Å². The molecule has 3 heteroatoms. The molecule has 1 aliphatic heterocycles. The zero-order valence-electron chi connectivity index (χ0n) is 12.8. The van der Waals surface area contributed by atoms with Crippen molar-refractivity contribution in [2.24, 2.45) is 0 Å². The highest BCUT2D eigenvalue weighted by Gasteiger charge is 2.20. The Morgan fingerprint density at radius 2 is 2.05 bits per heavy atom. The zero-order chi connectivity index (χ0) is 14.8. The van der Waals surface area contributed by atoms with Crippen molar-refractivity contribution in [1.29, 1.82) is 0 Å². The molecule has 1 fully saturated rings. The second-order valence-electron chi connectivity index (χ2n) is 6.34. The molecule has 1 aromatic heterocycles. The normalized spacial score (nSPS) is 20.3. The van der Waals surface area contributed by atoms with Gasteiger partial charge in [-0.05, 0) is 36.3 Å². The molecule has 0 radical (unpaired) electrons. The van der Waals surface area contributed by atoms with Gasteiger partial charge in [-0.25, -0.2) is 4.39 Å². The highest BCUT2D eigenvalue weighted by atomic mass is 19.1. The number of halogens is 1. The van der Waals surface area contributed by atoms with Crippen LogP contribution in [0.4, 0.5) is 4.39 Å². The van der Waals surface area contributed by atoms with Crippen LogP contribution in [-0.4, -0.2) is 29.1 Å². The Balaban J connectivity index is 1.94. The van der Waals surface area contributed by atoms with Gasteiger partial charge in [0, 0.05) is 24.7 Å². The summed E-state index contributed by atoms with van der Waals surface area (Å²) in [5.41, 5.74) is 2.36. The number of hydrogen-bond donors (Lipinski definition) is 0. The standard InChI is InChI=1S/C18H23FN2/c1-13(2)18-17-8-4-3-7-16(17)14(10-20-18)11-21-9-5-6-15(19)12-21/h3-4,7-8,10,13,15H,5-6,9,11-12H2,1-2H3. The van der Waals surface area contributed by atoms with E-state index in [-0.39, 0.29) is 0 Å². The predicted octanol–water partition coefficient (Wildman–Crippen LogP) is 4.29. The van der Waals surface area contributed by atoms with E-state index in [0.29, 0.717) is 18.9 Å². The summed E-state index contributed by atoms with van der Waals surface area (Å²) in [5, 5.41) is 2.50. The molecule has 0 N–H and O–H groups in total. The summed E-state index contributed by atoms with van der Waals surface area (Å²) >= 11 is 0. The molecule has 1 unspecified atom stereocenters. The molecule has 112 valence electrons. The van der Waals surface area contributed by atoms with Gasteiger partial charge in [-0.1, -0.05) is 38.1 Å². The highest BCUT2D eigenvalue weighted by molar-refractivity contribution is 5.87. The van der Waals surface area contributed by atoms with E-state index in [0.717, 1.165) is 25.2 Å². The number of alkyl halides is 1. The third-order valence-electron chi connectivity index (χ3n) is 4.30. The molecule has 1 aliphatic rings. The van der Waals surface area contributed by atoms with Crippen LogP contribution < -0.4 is 0 Å². The second kappa shape index (κ2) is 6.10. The lowest BCUT2D eigenvalue weighted by molar-refractivity contribution is 0.133. The maximum Gasteiger partial charge on any atom is 0.113 e. The molecule has 0 saturated carbocycles. The number of likely N-dealkylation sites (tertiary alicyclic amines) is 1. The van der Waals surface area contributed by atoms with Crippen LogP contribution in [0.2, 0.25) is 0 Å². The van der Waals surface area contributed by atoms with Gasteiger partial charge < -0.3 is 0 Å². The molecule has 21 heavy (non-hydrogen) atoms. The summed E-state index contributed by atoms with van der Waals surface area (Å²) in [7, 11) is 0. The van der Waals surface area contributed by atoms with Crippen LogP contribution in [-0.2, 0) is 6.54 Å². The monoisotopic (exact) mass is 286 g/mol. The Bertz CT molecular complexity index is 624. The number of rotatable bonds is 3. The highest BCUT2D eigenvalue weighted by Crippen LogP contribution is 2.27. The molecule has 1 atom stereocenters. The van der Waals surface area contributed by atoms with Crippen molar-refractivity contribution >= 4 is 10.8 Å². The van der Waals surface area contributed by atoms with Crippen molar-refractivity contribution < 1.29 is 4.39 Å². The number of benzene rings is 1. The molecule has 1 aromatic carbocycles. The fourth-order valence-electron chi connectivity index (χ4n) is 3.24. The number of hydrogen-bond acceptors (Lipinski definition) is 2. The molecule has 0 aliphatic carbocycles. The number of aromatic nitrogens is 1. The Morgan fingerprint density at radius 3 is 2.76 bits per heavy atom. The number of fused-ring (bicyclic) bond motifs is 1. The maximum atomic E-state index is 13.6. The summed E-state index contributed by atoms with van der Waals surface area (Å²) in [6.07, 6.45) is 2.98. The van der Waals surface area contributed by atoms with Crippen LogP contribution in [0.3, 0.4) is 0 Å². The Hall–Kier alpha value is -1.48. The first-order valence-electron chi connectivity index (χ1n) is 7.88. The Kier molecular flexibility index (Phi) is 4.20. The fraction of sp³-hybridized carbons (Fsp3) is 0.500. The molecule has 2 aromatic rings. The van der Waals surface area contributed by atoms with Crippen LogP contribution in [0.1, 0.15) is 43.9 Å². The average Bonchev–Trinajstić information content (AvgIpc) is 2.47. The van der Waals surface area contributed by atoms with Crippen molar-refractivity contribution in [3.63, 3.8) is 0 Å². The van der Waals surface area contributed by atoms with E-state index in [1.807, 2.05) is 6.20 Å². The largest absolute Gasteiger partial charge is 0.296 e. The zero-order valence-corrected chi connectivity index (χ0v) is 12.8. The Morgan fingerprint density at radius 1 is 1.29 bits per heavy atom. The first-order valence-corrected chi connectivity index (χ1v) is 7.88. The molecule has 2 nitrogen and oxygen atoms in total. The van der Waals surface area contributed by atoms with Crippen LogP contribution in [0.5, 0.6) is 0 Å². The first-order chi connectivity index (χ1) is 10.1. The first kappa shape index (κ1) is 14.5. The summed E-state index contributed by atoms with van der Waals surface area (Å²) in [6.45, 7) is 6.69. The second-order valence-corrected chi connectivity index (χ2v) is 6.34. The minimum absolute atomic E-state index is 0.411. The third kappa shape index (κ3) is 3.08. The average molecular weight is 286 g/mol. The molecule has 0 amide bonds. The summed E-state index contributed by atoms with van der Waals surface area (Å²) in [4.78, 5) is 6.89. The quantitative estimate of drug-likeness (QED) is 0.836. The lowest BCUT2D eigenvalue weighted by Gasteiger charge is -2.29. The fourth-order valence-corrected chi connectivity index (χ4v) is 3.24. The minimum Gasteiger partial charge on any atom is -0.296 e. The predicted molar refractivity (Wildman–Crippen MR) is 85.2 cm³/mol. The van der Waals surface area contributed by atoms with E-state index in [1.165, 1.54) is 16.3 Å².